The zero-order valence-corrected chi connectivity index (χ0v) is 30.5. The van der Waals surface area contributed by atoms with Crippen LogP contribution in [-0.4, -0.2) is 97.6 Å². The van der Waals surface area contributed by atoms with Crippen molar-refractivity contribution in [2.45, 2.75) is 0 Å². The Balaban J connectivity index is 0.000000170. The average molecular weight is 755 g/mol. The molecule has 3 N–H and O–H groups in total. The molecule has 0 spiro atoms. The van der Waals surface area contributed by atoms with Crippen molar-refractivity contribution < 1.29 is 28.1 Å². The number of benzene rings is 2. The van der Waals surface area contributed by atoms with Gasteiger partial charge in [0.1, 0.15) is 5.65 Å². The van der Waals surface area contributed by atoms with Crippen LogP contribution in [0.5, 0.6) is 23.0 Å². The molecule has 0 bridgehead atoms. The van der Waals surface area contributed by atoms with Crippen molar-refractivity contribution in [3.63, 3.8) is 0 Å². The predicted molar refractivity (Wildman–Crippen MR) is 205 cm³/mol. The number of methoxy groups -OCH3 is 3. The first-order valence-electron chi connectivity index (χ1n) is 17.6. The summed E-state index contributed by atoms with van der Waals surface area (Å²) >= 11 is 0. The van der Waals surface area contributed by atoms with Gasteiger partial charge in [-0.15, -0.1) is 0 Å². The van der Waals surface area contributed by atoms with Gasteiger partial charge in [-0.05, 0) is 42.5 Å². The highest BCUT2D eigenvalue weighted by atomic mass is 19.1. The molecule has 2 saturated heterocycles. The third-order valence-corrected chi connectivity index (χ3v) is 9.53. The van der Waals surface area contributed by atoms with Crippen molar-refractivity contribution in [2.24, 2.45) is 0 Å². The molecule has 16 heteroatoms. The van der Waals surface area contributed by atoms with E-state index in [1.165, 1.54) is 16.5 Å². The fourth-order valence-corrected chi connectivity index (χ4v) is 6.61. The first-order valence-corrected chi connectivity index (χ1v) is 17.6. The highest BCUT2D eigenvalue weighted by molar-refractivity contribution is 5.69. The minimum atomic E-state index is -1.10. The summed E-state index contributed by atoms with van der Waals surface area (Å²) in [5.41, 5.74) is 3.72. The number of rotatable bonds is 7. The van der Waals surface area contributed by atoms with Crippen LogP contribution in [0.2, 0.25) is 0 Å². The Morgan fingerprint density at radius 1 is 0.618 bits per heavy atom. The van der Waals surface area contributed by atoms with Crippen LogP contribution in [-0.2, 0) is 0 Å². The number of hydrogen-bond donors (Lipinski definition) is 3. The number of fused-ring (bicyclic) bond motifs is 2. The van der Waals surface area contributed by atoms with Crippen LogP contribution in [0.4, 0.5) is 20.2 Å². The lowest BCUT2D eigenvalue weighted by atomic mass is 10.1. The van der Waals surface area contributed by atoms with E-state index in [1.54, 1.807) is 50.1 Å². The lowest BCUT2D eigenvalue weighted by Crippen LogP contribution is -2.43. The first-order chi connectivity index (χ1) is 26.7. The number of nitrogens with one attached hydrogen (secondary N) is 2. The Kier molecular flexibility index (Phi) is 10.8. The second kappa shape index (κ2) is 16.0. The Bertz CT molecular complexity index is 2460. The van der Waals surface area contributed by atoms with E-state index in [0.717, 1.165) is 81.4 Å². The second-order valence-corrected chi connectivity index (χ2v) is 12.9. The van der Waals surface area contributed by atoms with Crippen molar-refractivity contribution in [3.05, 3.63) is 105 Å². The monoisotopic (exact) mass is 754 g/mol. The maximum atomic E-state index is 13.6. The summed E-state index contributed by atoms with van der Waals surface area (Å²) in [4.78, 5) is 38.9. The van der Waals surface area contributed by atoms with Gasteiger partial charge in [0.2, 0.25) is 0 Å². The smallest absolute Gasteiger partial charge is 0.258 e. The Morgan fingerprint density at radius 2 is 1.18 bits per heavy atom. The molecule has 0 amide bonds. The highest BCUT2D eigenvalue weighted by Crippen LogP contribution is 2.33. The van der Waals surface area contributed by atoms with E-state index in [1.807, 2.05) is 24.4 Å². The fraction of sp³-hybridized carbons (Fsp3) is 0.282. The number of aromatic hydroxyl groups is 1. The van der Waals surface area contributed by atoms with Crippen LogP contribution in [0.1, 0.15) is 0 Å². The normalized spacial score (nSPS) is 14.4. The minimum absolute atomic E-state index is 0.0866. The third-order valence-electron chi connectivity index (χ3n) is 9.53. The van der Waals surface area contributed by atoms with E-state index >= 15 is 0 Å². The summed E-state index contributed by atoms with van der Waals surface area (Å²) < 4.78 is 46.4. The number of phenolic OH excluding ortho intramolecular Hbond substituents is 1. The fourth-order valence-electron chi connectivity index (χ4n) is 6.61. The van der Waals surface area contributed by atoms with Crippen LogP contribution in [0.25, 0.3) is 33.8 Å². The molecule has 6 aromatic rings. The van der Waals surface area contributed by atoms with Gasteiger partial charge in [0.15, 0.2) is 40.3 Å². The van der Waals surface area contributed by atoms with Crippen molar-refractivity contribution in [1.29, 1.82) is 0 Å². The maximum absolute atomic E-state index is 13.6. The lowest BCUT2D eigenvalue weighted by Gasteiger charge is -2.29. The molecule has 0 unspecified atom stereocenters. The van der Waals surface area contributed by atoms with Gasteiger partial charge in [0.25, 0.3) is 11.1 Å². The summed E-state index contributed by atoms with van der Waals surface area (Å²) in [5, 5.41) is 15.8. The van der Waals surface area contributed by atoms with Gasteiger partial charge in [-0.25, -0.2) is 18.7 Å². The van der Waals surface area contributed by atoms with Crippen LogP contribution in [0.3, 0.4) is 0 Å². The van der Waals surface area contributed by atoms with E-state index < -0.39 is 17.4 Å². The number of aromatic nitrogens is 4. The van der Waals surface area contributed by atoms with E-state index in [-0.39, 0.29) is 22.4 Å². The number of phenols is 1. The van der Waals surface area contributed by atoms with Crippen LogP contribution >= 0.6 is 0 Å². The molecule has 4 aromatic heterocycles. The number of piperazine rings is 2. The van der Waals surface area contributed by atoms with E-state index in [2.05, 4.69) is 25.4 Å². The number of nitrogens with zero attached hydrogens (tertiary/aromatic N) is 6. The molecule has 0 saturated carbocycles. The van der Waals surface area contributed by atoms with Crippen LogP contribution < -0.4 is 45.8 Å². The van der Waals surface area contributed by atoms with Gasteiger partial charge in [-0.3, -0.25) is 18.4 Å². The highest BCUT2D eigenvalue weighted by Gasteiger charge is 2.18. The van der Waals surface area contributed by atoms with Gasteiger partial charge in [-0.2, -0.15) is 0 Å². The molecule has 2 aliphatic heterocycles. The van der Waals surface area contributed by atoms with Crippen LogP contribution in [0.15, 0.2) is 82.6 Å². The number of halogens is 2. The molecule has 6 heterocycles. The SMILES string of the molecule is COc1ccc(-c2cc(=O)n3cc(N4CCNCC4)cc(OC)c3n2)cc1OC.O=c1cc(-c2cc(F)c(O)c(F)c2)nc2ccc(N3CCNCC3)cn12. The third kappa shape index (κ3) is 7.72. The molecular formula is C39H40F2N8O6. The van der Waals surface area contributed by atoms with E-state index in [0.29, 0.717) is 34.2 Å². The Hall–Kier alpha value is -6.26. The van der Waals surface area contributed by atoms with Gasteiger partial charge in [0.05, 0.1) is 44.1 Å². The standard InChI is InChI=1S/C21H24N4O4.C18H16F2N4O2/c1-27-17-5-4-14(10-18(17)28-2)16-12-20(26)25-13-15(24-8-6-22-7-9-24)11-19(29-3)21(25)23-16;19-13-7-11(8-14(20)18(13)26)15-9-17(25)24-10-12(1-2-16(24)22-15)23-5-3-21-4-6-23/h4-5,10-13,22H,6-9H2,1-3H3;1-2,7-10,21,26H,3-6H2. The molecule has 8 rings (SSSR count). The van der Waals surface area contributed by atoms with Crippen molar-refractivity contribution in [2.75, 3.05) is 83.5 Å². The minimum Gasteiger partial charge on any atom is -0.503 e. The van der Waals surface area contributed by atoms with Crippen LogP contribution in [0, 0.1) is 11.6 Å². The maximum Gasteiger partial charge on any atom is 0.258 e. The summed E-state index contributed by atoms with van der Waals surface area (Å²) in [6.07, 6.45) is 3.55. The number of hydrogen-bond acceptors (Lipinski definition) is 12. The summed E-state index contributed by atoms with van der Waals surface area (Å²) in [6, 6.07) is 15.6. The lowest BCUT2D eigenvalue weighted by molar-refractivity contribution is 0.355. The topological polar surface area (TPSA) is 147 Å². The predicted octanol–water partition coefficient (Wildman–Crippen LogP) is 3.55. The van der Waals surface area contributed by atoms with Crippen molar-refractivity contribution >= 4 is 22.7 Å². The van der Waals surface area contributed by atoms with Crippen molar-refractivity contribution in [3.8, 4) is 45.5 Å². The number of anilines is 2. The number of pyridine rings is 2. The first kappa shape index (κ1) is 37.1. The Labute approximate surface area is 314 Å². The molecule has 2 fully saturated rings. The molecule has 0 aliphatic carbocycles. The summed E-state index contributed by atoms with van der Waals surface area (Å²) in [5.74, 6) is -1.50. The zero-order chi connectivity index (χ0) is 38.6. The second-order valence-electron chi connectivity index (χ2n) is 12.9. The molecule has 2 aromatic carbocycles. The molecule has 2 aliphatic rings. The largest absolute Gasteiger partial charge is 0.503 e. The van der Waals surface area contributed by atoms with Crippen molar-refractivity contribution in [1.82, 2.24) is 29.4 Å². The molecule has 55 heavy (non-hydrogen) atoms. The average Bonchev–Trinajstić information content (AvgIpc) is 3.22. The molecular weight excluding hydrogens is 714 g/mol. The summed E-state index contributed by atoms with van der Waals surface area (Å²) in [7, 11) is 4.75. The van der Waals surface area contributed by atoms with E-state index in [4.69, 9.17) is 19.2 Å². The Morgan fingerprint density at radius 3 is 1.80 bits per heavy atom. The molecule has 0 radical (unpaired) electrons. The molecule has 286 valence electrons. The quantitative estimate of drug-likeness (QED) is 0.219. The molecule has 0 atom stereocenters. The van der Waals surface area contributed by atoms with Gasteiger partial charge >= 0.3 is 0 Å². The molecule has 14 nitrogen and oxygen atoms in total. The van der Waals surface area contributed by atoms with Gasteiger partial charge in [-0.1, -0.05) is 0 Å². The number of ether oxygens (including phenoxy) is 3. The van der Waals surface area contributed by atoms with E-state index in [9.17, 15) is 23.5 Å². The zero-order valence-electron chi connectivity index (χ0n) is 30.5. The van der Waals surface area contributed by atoms with Gasteiger partial charge < -0.3 is 39.8 Å². The van der Waals surface area contributed by atoms with Gasteiger partial charge in [0, 0.05) is 94.1 Å². The summed E-state index contributed by atoms with van der Waals surface area (Å²) in [6.45, 7) is 7.01.